The molecular formula is C10H15ClN2. The molecule has 0 aliphatic carbocycles. The normalized spacial score (nSPS) is 10.1. The molecule has 0 spiro atoms. The monoisotopic (exact) mass is 198 g/mol. The Kier molecular flexibility index (Phi) is 4.06. The molecule has 1 aromatic rings. The molecule has 1 rings (SSSR count). The Morgan fingerprint density at radius 1 is 1.46 bits per heavy atom. The van der Waals surface area contributed by atoms with Gasteiger partial charge in [0.15, 0.2) is 0 Å². The number of anilines is 1. The van der Waals surface area contributed by atoms with Crippen molar-refractivity contribution in [3.05, 3.63) is 28.8 Å². The number of hydrogen-bond acceptors (Lipinski definition) is 2. The molecule has 3 heteroatoms. The molecule has 0 atom stereocenters. The topological polar surface area (TPSA) is 38.0 Å². The molecule has 13 heavy (non-hydrogen) atoms. The molecule has 0 aliphatic rings. The van der Waals surface area contributed by atoms with Gasteiger partial charge in [-0.2, -0.15) is 0 Å². The van der Waals surface area contributed by atoms with Gasteiger partial charge in [-0.25, -0.2) is 0 Å². The van der Waals surface area contributed by atoms with E-state index in [0.717, 1.165) is 29.2 Å². The summed E-state index contributed by atoms with van der Waals surface area (Å²) in [4.78, 5) is 0. The molecule has 0 aromatic heterocycles. The minimum atomic E-state index is 0.715. The number of aryl methyl sites for hydroxylation is 1. The molecule has 0 heterocycles. The lowest BCUT2D eigenvalue weighted by molar-refractivity contribution is 0.874. The van der Waals surface area contributed by atoms with Gasteiger partial charge < -0.3 is 11.1 Å². The maximum absolute atomic E-state index is 5.96. The van der Waals surface area contributed by atoms with Crippen molar-refractivity contribution < 1.29 is 0 Å². The zero-order valence-electron chi connectivity index (χ0n) is 7.81. The Hall–Kier alpha value is -0.730. The van der Waals surface area contributed by atoms with E-state index in [2.05, 4.69) is 5.32 Å². The quantitative estimate of drug-likeness (QED) is 0.730. The Balaban J connectivity index is 2.53. The van der Waals surface area contributed by atoms with Gasteiger partial charge in [-0.3, -0.25) is 0 Å². The second-order valence-electron chi connectivity index (χ2n) is 3.03. The maximum Gasteiger partial charge on any atom is 0.0455 e. The third kappa shape index (κ3) is 3.25. The van der Waals surface area contributed by atoms with Crippen molar-refractivity contribution in [2.45, 2.75) is 13.3 Å². The van der Waals surface area contributed by atoms with Gasteiger partial charge in [0.1, 0.15) is 0 Å². The first-order chi connectivity index (χ1) is 6.24. The van der Waals surface area contributed by atoms with E-state index in [4.69, 9.17) is 17.3 Å². The maximum atomic E-state index is 5.96. The summed E-state index contributed by atoms with van der Waals surface area (Å²) in [6.07, 6.45) is 0.978. The summed E-state index contributed by atoms with van der Waals surface area (Å²) < 4.78 is 0. The van der Waals surface area contributed by atoms with E-state index in [-0.39, 0.29) is 0 Å². The fourth-order valence-electron chi connectivity index (χ4n) is 1.04. The predicted molar refractivity (Wildman–Crippen MR) is 58.4 cm³/mol. The van der Waals surface area contributed by atoms with Gasteiger partial charge in [0.2, 0.25) is 0 Å². The molecule has 0 saturated heterocycles. The average molecular weight is 199 g/mol. The molecule has 0 unspecified atom stereocenters. The van der Waals surface area contributed by atoms with Crippen LogP contribution in [0.25, 0.3) is 0 Å². The number of halogens is 1. The van der Waals surface area contributed by atoms with Gasteiger partial charge >= 0.3 is 0 Å². The predicted octanol–water partition coefficient (Wildman–Crippen LogP) is 2.41. The lowest BCUT2D eigenvalue weighted by Crippen LogP contribution is -2.08. The highest BCUT2D eigenvalue weighted by molar-refractivity contribution is 6.31. The Labute approximate surface area is 84.1 Å². The zero-order valence-corrected chi connectivity index (χ0v) is 8.56. The van der Waals surface area contributed by atoms with Gasteiger partial charge in [-0.05, 0) is 37.6 Å². The van der Waals surface area contributed by atoms with Crippen LogP contribution in [0.1, 0.15) is 12.0 Å². The molecule has 0 fully saturated rings. The Morgan fingerprint density at radius 2 is 2.23 bits per heavy atom. The van der Waals surface area contributed by atoms with E-state index in [1.165, 1.54) is 0 Å². The van der Waals surface area contributed by atoms with Crippen LogP contribution in [0.15, 0.2) is 18.2 Å². The summed E-state index contributed by atoms with van der Waals surface area (Å²) in [6.45, 7) is 3.61. The van der Waals surface area contributed by atoms with Crippen molar-refractivity contribution in [1.29, 1.82) is 0 Å². The summed E-state index contributed by atoms with van der Waals surface area (Å²) in [5.74, 6) is 0. The molecule has 0 aliphatic heterocycles. The minimum Gasteiger partial charge on any atom is -0.385 e. The van der Waals surface area contributed by atoms with Crippen molar-refractivity contribution >= 4 is 17.3 Å². The second kappa shape index (κ2) is 5.10. The SMILES string of the molecule is Cc1ccc(NCCCN)cc1Cl. The summed E-state index contributed by atoms with van der Waals surface area (Å²) in [6, 6.07) is 5.97. The fraction of sp³-hybridized carbons (Fsp3) is 0.400. The smallest absolute Gasteiger partial charge is 0.0455 e. The molecule has 72 valence electrons. The first-order valence-electron chi connectivity index (χ1n) is 4.44. The highest BCUT2D eigenvalue weighted by atomic mass is 35.5. The van der Waals surface area contributed by atoms with E-state index in [0.29, 0.717) is 6.54 Å². The van der Waals surface area contributed by atoms with Gasteiger partial charge in [-0.15, -0.1) is 0 Å². The third-order valence-corrected chi connectivity index (χ3v) is 2.29. The number of nitrogens with two attached hydrogens (primary N) is 1. The van der Waals surface area contributed by atoms with Crippen LogP contribution in [0, 0.1) is 6.92 Å². The molecule has 2 nitrogen and oxygen atoms in total. The minimum absolute atomic E-state index is 0.715. The van der Waals surface area contributed by atoms with Crippen LogP contribution in [0.4, 0.5) is 5.69 Å². The zero-order chi connectivity index (χ0) is 9.68. The molecular weight excluding hydrogens is 184 g/mol. The molecule has 0 amide bonds. The number of hydrogen-bond donors (Lipinski definition) is 2. The van der Waals surface area contributed by atoms with Crippen LogP contribution in [0.2, 0.25) is 5.02 Å². The van der Waals surface area contributed by atoms with Crippen LogP contribution >= 0.6 is 11.6 Å². The summed E-state index contributed by atoms with van der Waals surface area (Å²) in [7, 11) is 0. The average Bonchev–Trinajstić information content (AvgIpc) is 2.12. The second-order valence-corrected chi connectivity index (χ2v) is 3.44. The van der Waals surface area contributed by atoms with Gasteiger partial charge in [0, 0.05) is 17.3 Å². The van der Waals surface area contributed by atoms with Crippen LogP contribution < -0.4 is 11.1 Å². The van der Waals surface area contributed by atoms with E-state index in [1.54, 1.807) is 0 Å². The van der Waals surface area contributed by atoms with Crippen molar-refractivity contribution in [1.82, 2.24) is 0 Å². The Bertz CT molecular complexity index is 274. The van der Waals surface area contributed by atoms with Gasteiger partial charge in [0.05, 0.1) is 0 Å². The van der Waals surface area contributed by atoms with E-state index in [1.807, 2.05) is 25.1 Å². The first kappa shape index (κ1) is 10.4. The number of benzene rings is 1. The summed E-state index contributed by atoms with van der Waals surface area (Å²) in [5, 5.41) is 4.05. The first-order valence-corrected chi connectivity index (χ1v) is 4.82. The molecule has 3 N–H and O–H groups in total. The molecule has 0 saturated carbocycles. The van der Waals surface area contributed by atoms with Crippen molar-refractivity contribution in [3.8, 4) is 0 Å². The standard InChI is InChI=1S/C10H15ClN2/c1-8-3-4-9(7-10(8)11)13-6-2-5-12/h3-4,7,13H,2,5-6,12H2,1H3. The van der Waals surface area contributed by atoms with Crippen LogP contribution in [0.3, 0.4) is 0 Å². The van der Waals surface area contributed by atoms with E-state index < -0.39 is 0 Å². The van der Waals surface area contributed by atoms with E-state index in [9.17, 15) is 0 Å². The summed E-state index contributed by atoms with van der Waals surface area (Å²) >= 11 is 5.96. The molecule has 1 aromatic carbocycles. The van der Waals surface area contributed by atoms with Gasteiger partial charge in [0.25, 0.3) is 0 Å². The van der Waals surface area contributed by atoms with Gasteiger partial charge in [-0.1, -0.05) is 17.7 Å². The highest BCUT2D eigenvalue weighted by Gasteiger charge is 1.96. The lowest BCUT2D eigenvalue weighted by Gasteiger charge is -2.06. The molecule has 0 bridgehead atoms. The van der Waals surface area contributed by atoms with Crippen LogP contribution in [0.5, 0.6) is 0 Å². The molecule has 0 radical (unpaired) electrons. The lowest BCUT2D eigenvalue weighted by atomic mass is 10.2. The van der Waals surface area contributed by atoms with Crippen molar-refractivity contribution in [2.75, 3.05) is 18.4 Å². The highest BCUT2D eigenvalue weighted by Crippen LogP contribution is 2.19. The van der Waals surface area contributed by atoms with Crippen LogP contribution in [-0.4, -0.2) is 13.1 Å². The largest absolute Gasteiger partial charge is 0.385 e. The van der Waals surface area contributed by atoms with Crippen molar-refractivity contribution in [2.24, 2.45) is 5.73 Å². The van der Waals surface area contributed by atoms with E-state index >= 15 is 0 Å². The fourth-order valence-corrected chi connectivity index (χ4v) is 1.22. The Morgan fingerprint density at radius 3 is 2.85 bits per heavy atom. The third-order valence-electron chi connectivity index (χ3n) is 1.88. The number of rotatable bonds is 4. The van der Waals surface area contributed by atoms with Crippen molar-refractivity contribution in [3.63, 3.8) is 0 Å². The van der Waals surface area contributed by atoms with Crippen LogP contribution in [-0.2, 0) is 0 Å². The number of nitrogens with one attached hydrogen (secondary N) is 1. The summed E-state index contributed by atoms with van der Waals surface area (Å²) in [5.41, 5.74) is 7.54.